The number of benzene rings is 3. The van der Waals surface area contributed by atoms with Gasteiger partial charge in [0.1, 0.15) is 0 Å². The zero-order chi connectivity index (χ0) is 22.6. The molecule has 0 unspecified atom stereocenters. The van der Waals surface area contributed by atoms with E-state index < -0.39 is 10.0 Å². The Hall–Kier alpha value is -3.03. The molecule has 0 atom stereocenters. The lowest BCUT2D eigenvalue weighted by atomic mass is 10.1. The summed E-state index contributed by atoms with van der Waals surface area (Å²) in [6.45, 7) is 2.10. The number of rotatable bonds is 6. The normalized spacial score (nSPS) is 14.1. The molecule has 0 bridgehead atoms. The van der Waals surface area contributed by atoms with Crippen LogP contribution in [0.25, 0.3) is 0 Å². The van der Waals surface area contributed by atoms with Crippen LogP contribution in [-0.4, -0.2) is 27.4 Å². The highest BCUT2D eigenvalue weighted by molar-refractivity contribution is 7.92. The van der Waals surface area contributed by atoms with Crippen LogP contribution < -0.4 is 14.9 Å². The van der Waals surface area contributed by atoms with Gasteiger partial charge in [0.15, 0.2) is 0 Å². The minimum Gasteiger partial charge on any atom is -0.372 e. The predicted octanol–water partition coefficient (Wildman–Crippen LogP) is 5.38. The zero-order valence-electron chi connectivity index (χ0n) is 17.4. The minimum atomic E-state index is -3.77. The Morgan fingerprint density at radius 3 is 2.19 bits per heavy atom. The van der Waals surface area contributed by atoms with Gasteiger partial charge in [-0.3, -0.25) is 9.52 Å². The summed E-state index contributed by atoms with van der Waals surface area (Å²) in [5, 5.41) is 3.25. The second-order valence-electron chi connectivity index (χ2n) is 7.69. The highest BCUT2D eigenvalue weighted by Gasteiger charge is 2.15. The molecule has 0 saturated carbocycles. The monoisotopic (exact) mass is 469 g/mol. The second-order valence-corrected chi connectivity index (χ2v) is 9.81. The van der Waals surface area contributed by atoms with E-state index >= 15 is 0 Å². The molecule has 2 N–H and O–H groups in total. The van der Waals surface area contributed by atoms with Gasteiger partial charge in [-0.05, 0) is 86.0 Å². The Balaban J connectivity index is 1.40. The molecule has 1 fully saturated rings. The fourth-order valence-electron chi connectivity index (χ4n) is 3.66. The average Bonchev–Trinajstić information content (AvgIpc) is 2.80. The summed E-state index contributed by atoms with van der Waals surface area (Å²) < 4.78 is 27.7. The van der Waals surface area contributed by atoms with E-state index in [0.29, 0.717) is 22.0 Å². The van der Waals surface area contributed by atoms with E-state index in [0.717, 1.165) is 18.8 Å². The van der Waals surface area contributed by atoms with Crippen molar-refractivity contribution in [2.45, 2.75) is 24.2 Å². The topological polar surface area (TPSA) is 78.5 Å². The van der Waals surface area contributed by atoms with Gasteiger partial charge in [-0.15, -0.1) is 0 Å². The summed E-state index contributed by atoms with van der Waals surface area (Å²) in [5.41, 5.74) is 2.56. The smallest absolute Gasteiger partial charge is 0.261 e. The van der Waals surface area contributed by atoms with Crippen LogP contribution >= 0.6 is 11.6 Å². The van der Waals surface area contributed by atoms with Gasteiger partial charge in [-0.2, -0.15) is 0 Å². The first-order chi connectivity index (χ1) is 15.4. The molecule has 3 aromatic rings. The molecular formula is C24H24ClN3O3S. The number of anilines is 3. The van der Waals surface area contributed by atoms with Gasteiger partial charge >= 0.3 is 0 Å². The van der Waals surface area contributed by atoms with Crippen molar-refractivity contribution in [2.24, 2.45) is 0 Å². The number of hydrogen-bond donors (Lipinski definition) is 2. The molecule has 8 heteroatoms. The van der Waals surface area contributed by atoms with Gasteiger partial charge < -0.3 is 10.2 Å². The van der Waals surface area contributed by atoms with Crippen LogP contribution in [0.15, 0.2) is 77.7 Å². The maximum atomic E-state index is 12.6. The maximum Gasteiger partial charge on any atom is 0.261 e. The summed E-state index contributed by atoms with van der Waals surface area (Å²) >= 11 is 5.91. The summed E-state index contributed by atoms with van der Waals surface area (Å²) in [6, 6.07) is 20.1. The first-order valence-corrected chi connectivity index (χ1v) is 12.3. The van der Waals surface area contributed by atoms with Crippen molar-refractivity contribution in [3.8, 4) is 0 Å². The largest absolute Gasteiger partial charge is 0.372 e. The third-order valence-electron chi connectivity index (χ3n) is 5.35. The molecule has 1 aliphatic rings. The quantitative estimate of drug-likeness (QED) is 0.507. The number of sulfonamides is 1. The Kier molecular flexibility index (Phi) is 6.67. The lowest BCUT2D eigenvalue weighted by molar-refractivity contribution is 0.102. The zero-order valence-corrected chi connectivity index (χ0v) is 19.0. The molecule has 0 aromatic heterocycles. The highest BCUT2D eigenvalue weighted by atomic mass is 35.5. The molecular weight excluding hydrogens is 446 g/mol. The Morgan fingerprint density at radius 2 is 1.53 bits per heavy atom. The van der Waals surface area contributed by atoms with Gasteiger partial charge in [0.2, 0.25) is 0 Å². The number of carbonyl (C=O) groups is 1. The van der Waals surface area contributed by atoms with E-state index in [1.54, 1.807) is 30.3 Å². The molecule has 6 nitrogen and oxygen atoms in total. The fraction of sp³-hybridized carbons (Fsp3) is 0.208. The number of amides is 1. The van der Waals surface area contributed by atoms with Crippen molar-refractivity contribution in [3.05, 3.63) is 83.4 Å². The molecule has 0 aliphatic carbocycles. The number of nitrogens with zero attached hydrogens (tertiary/aromatic N) is 1. The Labute approximate surface area is 193 Å². The summed E-state index contributed by atoms with van der Waals surface area (Å²) in [5.74, 6) is -0.247. The minimum absolute atomic E-state index is 0.0846. The number of nitrogens with one attached hydrogen (secondary N) is 2. The van der Waals surface area contributed by atoms with Crippen LogP contribution in [0.2, 0.25) is 5.02 Å². The first kappa shape index (κ1) is 22.2. The molecule has 3 aromatic carbocycles. The Bertz CT molecular complexity index is 1190. The van der Waals surface area contributed by atoms with E-state index in [1.807, 2.05) is 24.3 Å². The van der Waals surface area contributed by atoms with Crippen LogP contribution in [0.4, 0.5) is 17.1 Å². The van der Waals surface area contributed by atoms with Crippen molar-refractivity contribution in [3.63, 3.8) is 0 Å². The maximum absolute atomic E-state index is 12.6. The van der Waals surface area contributed by atoms with Crippen LogP contribution in [0, 0.1) is 0 Å². The number of piperidine rings is 1. The number of hydrogen-bond acceptors (Lipinski definition) is 4. The summed E-state index contributed by atoms with van der Waals surface area (Å²) in [6.07, 6.45) is 3.67. The molecule has 166 valence electrons. The van der Waals surface area contributed by atoms with Crippen molar-refractivity contribution in [2.75, 3.05) is 28.0 Å². The van der Waals surface area contributed by atoms with E-state index in [2.05, 4.69) is 14.9 Å². The second kappa shape index (κ2) is 9.63. The molecule has 1 saturated heterocycles. The third-order valence-corrected chi connectivity index (χ3v) is 6.98. The fourth-order valence-corrected chi connectivity index (χ4v) is 4.90. The van der Waals surface area contributed by atoms with Gasteiger partial charge in [0.25, 0.3) is 15.9 Å². The van der Waals surface area contributed by atoms with Gasteiger partial charge in [0.05, 0.1) is 10.6 Å². The van der Waals surface area contributed by atoms with Crippen molar-refractivity contribution < 1.29 is 13.2 Å². The third kappa shape index (κ3) is 5.41. The number of carbonyl (C=O) groups excluding carboxylic acids is 1. The molecule has 1 heterocycles. The molecule has 0 radical (unpaired) electrons. The molecule has 1 aliphatic heterocycles. The summed E-state index contributed by atoms with van der Waals surface area (Å²) in [4.78, 5) is 15.0. The predicted molar refractivity (Wildman–Crippen MR) is 129 cm³/mol. The van der Waals surface area contributed by atoms with Crippen molar-refractivity contribution >= 4 is 44.6 Å². The van der Waals surface area contributed by atoms with Crippen LogP contribution in [0.5, 0.6) is 0 Å². The van der Waals surface area contributed by atoms with Crippen LogP contribution in [0.1, 0.15) is 29.6 Å². The average molecular weight is 470 g/mol. The van der Waals surface area contributed by atoms with E-state index in [9.17, 15) is 13.2 Å². The van der Waals surface area contributed by atoms with E-state index in [1.165, 1.54) is 37.5 Å². The lowest BCUT2D eigenvalue weighted by Crippen LogP contribution is -2.29. The SMILES string of the molecule is O=C(Nc1ccc(S(=O)(=O)Nc2cccc(Cl)c2)cc1)c1ccc(N2CCCCC2)cc1. The van der Waals surface area contributed by atoms with Crippen LogP contribution in [-0.2, 0) is 10.0 Å². The van der Waals surface area contributed by atoms with Crippen LogP contribution in [0.3, 0.4) is 0 Å². The molecule has 4 rings (SSSR count). The highest BCUT2D eigenvalue weighted by Crippen LogP contribution is 2.22. The lowest BCUT2D eigenvalue weighted by Gasteiger charge is -2.28. The van der Waals surface area contributed by atoms with E-state index in [4.69, 9.17) is 11.6 Å². The van der Waals surface area contributed by atoms with Gasteiger partial charge in [-0.25, -0.2) is 8.42 Å². The van der Waals surface area contributed by atoms with Gasteiger partial charge in [-0.1, -0.05) is 17.7 Å². The standard InChI is InChI=1S/C24H24ClN3O3S/c25-19-5-4-6-21(17-19)27-32(30,31)23-13-9-20(10-14-23)26-24(29)18-7-11-22(12-8-18)28-15-2-1-3-16-28/h4-14,17,27H,1-3,15-16H2,(H,26,29). The van der Waals surface area contributed by atoms with Crippen molar-refractivity contribution in [1.29, 1.82) is 0 Å². The van der Waals surface area contributed by atoms with E-state index in [-0.39, 0.29) is 10.8 Å². The molecule has 0 spiro atoms. The Morgan fingerprint density at radius 1 is 0.844 bits per heavy atom. The van der Waals surface area contributed by atoms with Crippen molar-refractivity contribution in [1.82, 2.24) is 0 Å². The first-order valence-electron chi connectivity index (χ1n) is 10.5. The number of halogens is 1. The van der Waals surface area contributed by atoms with Gasteiger partial charge in [0, 0.05) is 35.1 Å². The molecule has 32 heavy (non-hydrogen) atoms. The summed E-state index contributed by atoms with van der Waals surface area (Å²) in [7, 11) is -3.77. The molecule has 1 amide bonds.